The lowest BCUT2D eigenvalue weighted by Crippen LogP contribution is -2.02. The number of aromatic nitrogens is 1. The number of nitrogens with zero attached hydrogens (tertiary/aromatic N) is 1. The van der Waals surface area contributed by atoms with Crippen LogP contribution in [0.5, 0.6) is 0 Å². The molecule has 0 N–H and O–H groups in total. The summed E-state index contributed by atoms with van der Waals surface area (Å²) in [5.74, 6) is -1.39. The highest BCUT2D eigenvalue weighted by Gasteiger charge is 2.08. The summed E-state index contributed by atoms with van der Waals surface area (Å²) < 4.78 is 16.8. The Morgan fingerprint density at radius 2 is 2.42 bits per heavy atom. The molecule has 0 aliphatic rings. The average Bonchev–Trinajstić information content (AvgIpc) is 2.08. The van der Waals surface area contributed by atoms with Gasteiger partial charge in [-0.2, -0.15) is 4.39 Å². The third-order valence-electron chi connectivity index (χ3n) is 1.22. The van der Waals surface area contributed by atoms with E-state index in [-0.39, 0.29) is 10.6 Å². The predicted octanol–water partition coefficient (Wildman–Crippen LogP) is 1.66. The van der Waals surface area contributed by atoms with Crippen LogP contribution >= 0.6 is 11.6 Å². The molecule has 1 aromatic heterocycles. The van der Waals surface area contributed by atoms with Gasteiger partial charge in [0.1, 0.15) is 0 Å². The number of pyridine rings is 1. The van der Waals surface area contributed by atoms with Gasteiger partial charge in [0.15, 0.2) is 0 Å². The molecule has 5 heteroatoms. The van der Waals surface area contributed by atoms with Gasteiger partial charge in [0.25, 0.3) is 0 Å². The molecule has 0 spiro atoms. The van der Waals surface area contributed by atoms with Gasteiger partial charge in [-0.25, -0.2) is 9.78 Å². The highest BCUT2D eigenvalue weighted by molar-refractivity contribution is 6.30. The number of carbonyl (C=O) groups is 1. The number of methoxy groups -OCH3 is 1. The fourth-order valence-electron chi connectivity index (χ4n) is 0.651. The topological polar surface area (TPSA) is 39.2 Å². The molecule has 0 aliphatic heterocycles. The number of halogens is 2. The molecule has 1 heterocycles. The first kappa shape index (κ1) is 8.93. The second-order valence-corrected chi connectivity index (χ2v) is 2.40. The second-order valence-electron chi connectivity index (χ2n) is 1.99. The van der Waals surface area contributed by atoms with Crippen LogP contribution in [0.25, 0.3) is 0 Å². The molecular weight excluding hydrogens is 185 g/mol. The summed E-state index contributed by atoms with van der Waals surface area (Å²) in [6.45, 7) is 0. The lowest BCUT2D eigenvalue weighted by Gasteiger charge is -1.98. The van der Waals surface area contributed by atoms with Crippen molar-refractivity contribution in [1.82, 2.24) is 4.98 Å². The van der Waals surface area contributed by atoms with E-state index in [9.17, 15) is 9.18 Å². The summed E-state index contributed by atoms with van der Waals surface area (Å²) >= 11 is 5.37. The van der Waals surface area contributed by atoms with Crippen LogP contribution in [0.15, 0.2) is 12.3 Å². The van der Waals surface area contributed by atoms with Crippen LogP contribution in [-0.2, 0) is 4.74 Å². The van der Waals surface area contributed by atoms with E-state index in [1.54, 1.807) is 0 Å². The maximum atomic E-state index is 12.5. The first-order chi connectivity index (χ1) is 5.65. The first-order valence-corrected chi connectivity index (χ1v) is 3.42. The van der Waals surface area contributed by atoms with Crippen LogP contribution in [0.1, 0.15) is 10.4 Å². The van der Waals surface area contributed by atoms with Crippen LogP contribution in [-0.4, -0.2) is 18.1 Å². The van der Waals surface area contributed by atoms with E-state index in [1.165, 1.54) is 7.11 Å². The molecule has 1 rings (SSSR count). The summed E-state index contributed by atoms with van der Waals surface area (Å²) in [5.41, 5.74) is 0.129. The van der Waals surface area contributed by atoms with Gasteiger partial charge in [0.05, 0.1) is 17.7 Å². The van der Waals surface area contributed by atoms with Gasteiger partial charge in [-0.05, 0) is 6.07 Å². The maximum Gasteiger partial charge on any atom is 0.339 e. The molecule has 0 aromatic carbocycles. The Morgan fingerprint density at radius 1 is 1.75 bits per heavy atom. The molecule has 12 heavy (non-hydrogen) atoms. The smallest absolute Gasteiger partial charge is 0.339 e. The van der Waals surface area contributed by atoms with E-state index < -0.39 is 11.9 Å². The Bertz CT molecular complexity index is 316. The van der Waals surface area contributed by atoms with Gasteiger partial charge < -0.3 is 4.74 Å². The minimum absolute atomic E-state index is 0.129. The van der Waals surface area contributed by atoms with Crippen molar-refractivity contribution >= 4 is 17.6 Å². The van der Waals surface area contributed by atoms with Gasteiger partial charge in [0.2, 0.25) is 5.95 Å². The van der Waals surface area contributed by atoms with Crippen molar-refractivity contribution < 1.29 is 13.9 Å². The molecule has 0 radical (unpaired) electrons. The lowest BCUT2D eigenvalue weighted by atomic mass is 10.3. The molecular formula is C7H5ClFNO2. The number of rotatable bonds is 1. The monoisotopic (exact) mass is 189 g/mol. The largest absolute Gasteiger partial charge is 0.465 e. The van der Waals surface area contributed by atoms with Crippen molar-refractivity contribution in [3.8, 4) is 0 Å². The highest BCUT2D eigenvalue weighted by atomic mass is 35.5. The Kier molecular flexibility index (Phi) is 2.60. The third kappa shape index (κ3) is 1.71. The van der Waals surface area contributed by atoms with E-state index in [4.69, 9.17) is 11.6 Å². The molecule has 0 atom stereocenters. The average molecular weight is 190 g/mol. The van der Waals surface area contributed by atoms with E-state index in [0.717, 1.165) is 12.3 Å². The molecule has 1 aromatic rings. The zero-order valence-electron chi connectivity index (χ0n) is 6.17. The molecule has 0 saturated carbocycles. The van der Waals surface area contributed by atoms with E-state index >= 15 is 0 Å². The quantitative estimate of drug-likeness (QED) is 0.498. The van der Waals surface area contributed by atoms with E-state index in [1.807, 2.05) is 0 Å². The van der Waals surface area contributed by atoms with Crippen molar-refractivity contribution in [2.24, 2.45) is 0 Å². The molecule has 0 amide bonds. The highest BCUT2D eigenvalue weighted by Crippen LogP contribution is 2.13. The summed E-state index contributed by atoms with van der Waals surface area (Å²) in [7, 11) is 1.22. The second kappa shape index (κ2) is 3.49. The van der Waals surface area contributed by atoms with Crippen molar-refractivity contribution in [1.29, 1.82) is 0 Å². The van der Waals surface area contributed by atoms with Crippen molar-refractivity contribution in [3.63, 3.8) is 0 Å². The van der Waals surface area contributed by atoms with Crippen molar-refractivity contribution in [2.75, 3.05) is 7.11 Å². The Labute approximate surface area is 73.1 Å². The summed E-state index contributed by atoms with van der Waals surface area (Å²) in [6.07, 6.45) is 1.06. The zero-order valence-corrected chi connectivity index (χ0v) is 6.93. The van der Waals surface area contributed by atoms with Crippen LogP contribution in [0.4, 0.5) is 4.39 Å². The molecule has 0 unspecified atom stereocenters. The third-order valence-corrected chi connectivity index (χ3v) is 1.48. The number of carbonyl (C=O) groups excluding carboxylic acids is 1. The maximum absolute atomic E-state index is 12.5. The van der Waals surface area contributed by atoms with Crippen LogP contribution in [0.2, 0.25) is 5.02 Å². The Hall–Kier alpha value is -1.16. The molecule has 3 nitrogen and oxygen atoms in total. The lowest BCUT2D eigenvalue weighted by molar-refractivity contribution is 0.0600. The van der Waals surface area contributed by atoms with Crippen molar-refractivity contribution in [2.45, 2.75) is 0 Å². The number of hydrogen-bond donors (Lipinski definition) is 0. The molecule has 0 bridgehead atoms. The minimum Gasteiger partial charge on any atom is -0.465 e. The summed E-state index contributed by atoms with van der Waals surface area (Å²) in [5, 5.41) is -0.196. The van der Waals surface area contributed by atoms with Gasteiger partial charge in [-0.3, -0.25) is 0 Å². The van der Waals surface area contributed by atoms with Gasteiger partial charge in [0, 0.05) is 6.20 Å². The molecule has 64 valence electrons. The number of ether oxygens (including phenoxy) is 1. The van der Waals surface area contributed by atoms with E-state index in [2.05, 4.69) is 9.72 Å². The number of hydrogen-bond acceptors (Lipinski definition) is 3. The first-order valence-electron chi connectivity index (χ1n) is 3.04. The molecule has 0 fully saturated rings. The van der Waals surface area contributed by atoms with Crippen molar-refractivity contribution in [3.05, 3.63) is 28.8 Å². The predicted molar refractivity (Wildman–Crippen MR) is 40.5 cm³/mol. The van der Waals surface area contributed by atoms with Gasteiger partial charge in [-0.1, -0.05) is 11.6 Å². The fourth-order valence-corrected chi connectivity index (χ4v) is 0.817. The van der Waals surface area contributed by atoms with Crippen LogP contribution < -0.4 is 0 Å². The number of esters is 1. The minimum atomic E-state index is -0.802. The zero-order chi connectivity index (χ0) is 9.14. The fraction of sp³-hybridized carbons (Fsp3) is 0.143. The van der Waals surface area contributed by atoms with E-state index in [0.29, 0.717) is 0 Å². The van der Waals surface area contributed by atoms with Crippen LogP contribution in [0, 0.1) is 5.95 Å². The normalized spacial score (nSPS) is 9.58. The Balaban J connectivity index is 3.05. The van der Waals surface area contributed by atoms with Crippen LogP contribution in [0.3, 0.4) is 0 Å². The van der Waals surface area contributed by atoms with Gasteiger partial charge >= 0.3 is 5.97 Å². The Morgan fingerprint density at radius 3 is 2.92 bits per heavy atom. The molecule has 0 saturated heterocycles. The standard InChI is InChI=1S/C7H5ClFNO2/c1-12-7(11)4-2-5(8)6(9)10-3-4/h2-3H,1H3. The summed E-state index contributed by atoms with van der Waals surface area (Å²) in [4.78, 5) is 14.1. The SMILES string of the molecule is COC(=O)c1cnc(F)c(Cl)c1. The summed E-state index contributed by atoms with van der Waals surface area (Å²) in [6, 6.07) is 1.16. The molecule has 0 aliphatic carbocycles. The van der Waals surface area contributed by atoms with Gasteiger partial charge in [-0.15, -0.1) is 0 Å².